The molecular weight excluding hydrogens is 291 g/mol. The first-order valence-electron chi connectivity index (χ1n) is 4.56. The Labute approximate surface area is 104 Å². The number of aromatic nitrogens is 1. The highest BCUT2D eigenvalue weighted by molar-refractivity contribution is 7.87. The van der Waals surface area contributed by atoms with Crippen LogP contribution in [0.2, 0.25) is 0 Å². The van der Waals surface area contributed by atoms with Crippen molar-refractivity contribution in [3.63, 3.8) is 0 Å². The molecule has 0 saturated carbocycles. The Bertz CT molecular complexity index is 691. The maximum absolute atomic E-state index is 12.1. The van der Waals surface area contributed by atoms with Gasteiger partial charge >= 0.3 is 15.6 Å². The number of nitrogens with zero attached hydrogens (tertiary/aromatic N) is 1. The highest BCUT2D eigenvalue weighted by Crippen LogP contribution is 2.30. The molecule has 0 aromatic carbocycles. The average molecular weight is 297 g/mol. The lowest BCUT2D eigenvalue weighted by atomic mass is 10.3. The van der Waals surface area contributed by atoms with Gasteiger partial charge in [0.2, 0.25) is 5.88 Å². The maximum Gasteiger partial charge on any atom is 0.534 e. The second kappa shape index (κ2) is 4.09. The molecule has 98 valence electrons. The molecule has 4 nitrogen and oxygen atoms in total. The predicted octanol–water partition coefficient (Wildman–Crippen LogP) is 2.83. The van der Waals surface area contributed by atoms with E-state index in [2.05, 4.69) is 9.17 Å². The molecule has 0 N–H and O–H groups in total. The van der Waals surface area contributed by atoms with Gasteiger partial charge in [0.15, 0.2) is 0 Å². The number of hydrogen-bond donors (Lipinski definition) is 0. The van der Waals surface area contributed by atoms with Crippen molar-refractivity contribution in [1.82, 2.24) is 4.98 Å². The summed E-state index contributed by atoms with van der Waals surface area (Å²) in [4.78, 5) is 3.68. The van der Waals surface area contributed by atoms with E-state index in [0.717, 1.165) is 10.8 Å². The third kappa shape index (κ3) is 2.27. The number of halogens is 3. The van der Waals surface area contributed by atoms with Crippen LogP contribution in [0.15, 0.2) is 17.5 Å². The SMILES string of the molecule is Cc1nc(OS(=O)(=O)C(F)(F)F)cc2ccsc12. The van der Waals surface area contributed by atoms with E-state index in [1.54, 1.807) is 18.4 Å². The molecule has 0 aliphatic rings. The summed E-state index contributed by atoms with van der Waals surface area (Å²) in [6, 6.07) is 2.80. The maximum atomic E-state index is 12.1. The van der Waals surface area contributed by atoms with E-state index >= 15 is 0 Å². The molecule has 18 heavy (non-hydrogen) atoms. The minimum absolute atomic E-state index is 0.412. The lowest BCUT2D eigenvalue weighted by Gasteiger charge is -2.09. The third-order valence-corrected chi connectivity index (χ3v) is 4.06. The molecule has 0 radical (unpaired) electrons. The number of aryl methyl sites for hydroxylation is 1. The molecule has 0 aliphatic carbocycles. The Hall–Kier alpha value is -1.35. The normalized spacial score (nSPS) is 12.9. The number of rotatable bonds is 2. The largest absolute Gasteiger partial charge is 0.534 e. The minimum atomic E-state index is -5.68. The van der Waals surface area contributed by atoms with Gasteiger partial charge in [-0.3, -0.25) is 0 Å². The van der Waals surface area contributed by atoms with Gasteiger partial charge in [-0.25, -0.2) is 4.98 Å². The van der Waals surface area contributed by atoms with Crippen molar-refractivity contribution < 1.29 is 25.8 Å². The first-order chi connectivity index (χ1) is 8.21. The van der Waals surface area contributed by atoms with E-state index in [9.17, 15) is 21.6 Å². The van der Waals surface area contributed by atoms with E-state index in [0.29, 0.717) is 11.1 Å². The summed E-state index contributed by atoms with van der Waals surface area (Å²) in [6.07, 6.45) is 0. The van der Waals surface area contributed by atoms with Gasteiger partial charge < -0.3 is 4.18 Å². The summed E-state index contributed by atoms with van der Waals surface area (Å²) in [5.41, 5.74) is -5.05. The number of alkyl halides is 3. The Kier molecular flexibility index (Phi) is 2.98. The smallest absolute Gasteiger partial charge is 0.355 e. The summed E-state index contributed by atoms with van der Waals surface area (Å²) < 4.78 is 62.8. The quantitative estimate of drug-likeness (QED) is 0.632. The Morgan fingerprint density at radius 3 is 2.67 bits per heavy atom. The van der Waals surface area contributed by atoms with Crippen LogP contribution in [-0.4, -0.2) is 18.9 Å². The van der Waals surface area contributed by atoms with Crippen LogP contribution in [0.3, 0.4) is 0 Å². The summed E-state index contributed by atoms with van der Waals surface area (Å²) >= 11 is 1.36. The Morgan fingerprint density at radius 1 is 1.39 bits per heavy atom. The fourth-order valence-corrected chi connectivity index (χ4v) is 2.55. The number of hydrogen-bond acceptors (Lipinski definition) is 5. The molecule has 0 aliphatic heterocycles. The van der Waals surface area contributed by atoms with Crippen molar-refractivity contribution in [2.75, 3.05) is 0 Å². The molecule has 0 atom stereocenters. The van der Waals surface area contributed by atoms with Crippen molar-refractivity contribution in [2.45, 2.75) is 12.4 Å². The molecule has 2 heterocycles. The molecule has 2 aromatic rings. The second-order valence-electron chi connectivity index (χ2n) is 3.37. The lowest BCUT2D eigenvalue weighted by molar-refractivity contribution is -0.0501. The predicted molar refractivity (Wildman–Crippen MR) is 60.0 cm³/mol. The van der Waals surface area contributed by atoms with E-state index in [1.807, 2.05) is 0 Å². The van der Waals surface area contributed by atoms with Gasteiger partial charge in [0.05, 0.1) is 10.4 Å². The summed E-state index contributed by atoms with van der Waals surface area (Å²) in [5, 5.41) is 2.31. The van der Waals surface area contributed by atoms with Gasteiger partial charge in [-0.2, -0.15) is 21.6 Å². The number of pyridine rings is 1. The van der Waals surface area contributed by atoms with Crippen LogP contribution in [0.25, 0.3) is 10.1 Å². The standard InChI is InChI=1S/C9H6F3NO3S2/c1-5-8-6(2-3-17-8)4-7(13-5)16-18(14,15)9(10,11)12/h2-4H,1H3. The van der Waals surface area contributed by atoms with E-state index in [4.69, 9.17) is 0 Å². The molecular formula is C9H6F3NO3S2. The lowest BCUT2D eigenvalue weighted by Crippen LogP contribution is -2.28. The molecule has 0 saturated heterocycles. The number of thiophene rings is 1. The van der Waals surface area contributed by atoms with Crippen molar-refractivity contribution >= 4 is 31.5 Å². The van der Waals surface area contributed by atoms with Crippen molar-refractivity contribution in [2.24, 2.45) is 0 Å². The third-order valence-electron chi connectivity index (χ3n) is 2.06. The van der Waals surface area contributed by atoms with Crippen molar-refractivity contribution in [3.05, 3.63) is 23.2 Å². The molecule has 0 fully saturated rings. The van der Waals surface area contributed by atoms with Crippen LogP contribution < -0.4 is 4.18 Å². The van der Waals surface area contributed by atoms with Crippen LogP contribution in [0.1, 0.15) is 5.69 Å². The van der Waals surface area contributed by atoms with Gasteiger partial charge in [-0.1, -0.05) is 0 Å². The van der Waals surface area contributed by atoms with E-state index in [-0.39, 0.29) is 0 Å². The molecule has 9 heteroatoms. The van der Waals surface area contributed by atoms with Crippen molar-refractivity contribution in [3.8, 4) is 5.88 Å². The Balaban J connectivity index is 2.45. The minimum Gasteiger partial charge on any atom is -0.355 e. The highest BCUT2D eigenvalue weighted by atomic mass is 32.2. The van der Waals surface area contributed by atoms with Crippen LogP contribution in [0.5, 0.6) is 5.88 Å². The van der Waals surface area contributed by atoms with Gasteiger partial charge in [0.1, 0.15) is 0 Å². The van der Waals surface area contributed by atoms with Crippen LogP contribution in [-0.2, 0) is 10.1 Å². The molecule has 2 aromatic heterocycles. The second-order valence-corrected chi connectivity index (χ2v) is 5.82. The van der Waals surface area contributed by atoms with Gasteiger partial charge in [-0.05, 0) is 23.8 Å². The summed E-state index contributed by atoms with van der Waals surface area (Å²) in [6.45, 7) is 1.56. The molecule has 0 unspecified atom stereocenters. The van der Waals surface area contributed by atoms with Crippen LogP contribution in [0, 0.1) is 6.92 Å². The fraction of sp³-hybridized carbons (Fsp3) is 0.222. The average Bonchev–Trinajstić information content (AvgIpc) is 2.63. The Morgan fingerprint density at radius 2 is 2.06 bits per heavy atom. The monoisotopic (exact) mass is 297 g/mol. The first-order valence-corrected chi connectivity index (χ1v) is 6.85. The summed E-state index contributed by atoms with van der Waals surface area (Å²) in [7, 11) is -5.68. The molecule has 0 spiro atoms. The number of fused-ring (bicyclic) bond motifs is 1. The van der Waals surface area contributed by atoms with Gasteiger partial charge in [0, 0.05) is 6.07 Å². The fourth-order valence-electron chi connectivity index (χ4n) is 1.31. The first kappa shape index (κ1) is 13.1. The van der Waals surface area contributed by atoms with Crippen LogP contribution >= 0.6 is 11.3 Å². The van der Waals surface area contributed by atoms with Crippen LogP contribution in [0.4, 0.5) is 13.2 Å². The van der Waals surface area contributed by atoms with Crippen molar-refractivity contribution in [1.29, 1.82) is 0 Å². The zero-order valence-electron chi connectivity index (χ0n) is 8.85. The molecule has 0 amide bonds. The molecule has 0 bridgehead atoms. The van der Waals surface area contributed by atoms with Gasteiger partial charge in [-0.15, -0.1) is 11.3 Å². The zero-order chi connectivity index (χ0) is 13.6. The molecule has 2 rings (SSSR count). The van der Waals surface area contributed by atoms with E-state index in [1.165, 1.54) is 11.3 Å². The van der Waals surface area contributed by atoms with E-state index < -0.39 is 21.5 Å². The zero-order valence-corrected chi connectivity index (χ0v) is 10.5. The summed E-state index contributed by atoms with van der Waals surface area (Å²) in [5.74, 6) is -0.587. The topological polar surface area (TPSA) is 56.3 Å². The highest BCUT2D eigenvalue weighted by Gasteiger charge is 2.48. The van der Waals surface area contributed by atoms with Gasteiger partial charge in [0.25, 0.3) is 0 Å².